The second kappa shape index (κ2) is 10.8. The summed E-state index contributed by atoms with van der Waals surface area (Å²) >= 11 is 0. The predicted molar refractivity (Wildman–Crippen MR) is 119 cm³/mol. The first-order valence-corrected chi connectivity index (χ1v) is 12.3. The topological polar surface area (TPSA) is 81.7 Å². The molecule has 1 N–H and O–H groups in total. The van der Waals surface area contributed by atoms with Crippen molar-refractivity contribution in [3.63, 3.8) is 0 Å². The monoisotopic (exact) mass is 445 g/mol. The number of carbonyl (C=O) groups excluding carboxylic acids is 1. The Morgan fingerprint density at radius 2 is 1.61 bits per heavy atom. The maximum atomic E-state index is 12.8. The van der Waals surface area contributed by atoms with Crippen LogP contribution in [0.5, 0.6) is 5.75 Å². The summed E-state index contributed by atoms with van der Waals surface area (Å²) < 4.78 is 36.3. The highest BCUT2D eigenvalue weighted by Gasteiger charge is 2.23. The molecule has 1 fully saturated rings. The van der Waals surface area contributed by atoms with Gasteiger partial charge in [0.25, 0.3) is 0 Å². The Balaban J connectivity index is 1.49. The fourth-order valence-corrected chi connectivity index (χ4v) is 4.99. The molecule has 1 aliphatic rings. The van der Waals surface area contributed by atoms with Gasteiger partial charge in [-0.25, -0.2) is 8.42 Å². The number of nitrogens with one attached hydrogen (secondary N) is 1. The Kier molecular flexibility index (Phi) is 8.09. The van der Waals surface area contributed by atoms with Crippen molar-refractivity contribution in [3.05, 3.63) is 54.1 Å². The summed E-state index contributed by atoms with van der Waals surface area (Å²) in [5.74, 6) is 0.552. The minimum atomic E-state index is -3.56. The number of carbonyl (C=O) groups is 1. The van der Waals surface area contributed by atoms with Crippen molar-refractivity contribution in [2.45, 2.75) is 54.9 Å². The van der Waals surface area contributed by atoms with Crippen LogP contribution in [-0.2, 0) is 25.8 Å². The predicted octanol–water partition coefficient (Wildman–Crippen LogP) is 3.78. The average Bonchev–Trinajstić information content (AvgIpc) is 2.80. The van der Waals surface area contributed by atoms with E-state index in [1.807, 2.05) is 19.1 Å². The maximum absolute atomic E-state index is 12.8. The summed E-state index contributed by atoms with van der Waals surface area (Å²) in [6.07, 6.45) is 4.03. The van der Waals surface area contributed by atoms with E-state index in [1.165, 1.54) is 0 Å². The number of methoxy groups -OCH3 is 1. The molecule has 0 aliphatic carbocycles. The third kappa shape index (κ3) is 6.31. The molecule has 3 rings (SSSR count). The standard InChI is InChI=1S/C24H31NO5S/c1-18(30-24(26)20-14-16-25-17-15-20)4-3-5-19-6-10-22(11-7-19)31(27,28)23-12-8-21(29-2)9-13-23/h6-13,18,20,25H,3-5,14-17H2,1-2H3. The molecule has 1 atom stereocenters. The lowest BCUT2D eigenvalue weighted by molar-refractivity contribution is -0.154. The molecule has 7 heteroatoms. The zero-order chi connectivity index (χ0) is 22.3. The quantitative estimate of drug-likeness (QED) is 0.592. The van der Waals surface area contributed by atoms with Crippen LogP contribution in [0.1, 0.15) is 38.2 Å². The summed E-state index contributed by atoms with van der Waals surface area (Å²) in [6, 6.07) is 13.4. The Bertz CT molecular complexity index is 948. The van der Waals surface area contributed by atoms with Crippen molar-refractivity contribution < 1.29 is 22.7 Å². The van der Waals surface area contributed by atoms with Crippen LogP contribution in [0.25, 0.3) is 0 Å². The summed E-state index contributed by atoms with van der Waals surface area (Å²) in [7, 11) is -2.01. The van der Waals surface area contributed by atoms with Crippen LogP contribution in [0.2, 0.25) is 0 Å². The number of piperidine rings is 1. The summed E-state index contributed by atoms with van der Waals surface area (Å²) in [6.45, 7) is 3.68. The summed E-state index contributed by atoms with van der Waals surface area (Å²) in [5, 5.41) is 3.25. The number of rotatable bonds is 9. The lowest BCUT2D eigenvalue weighted by Gasteiger charge is -2.23. The van der Waals surface area contributed by atoms with E-state index in [4.69, 9.17) is 9.47 Å². The van der Waals surface area contributed by atoms with Gasteiger partial charge < -0.3 is 14.8 Å². The molecule has 0 spiro atoms. The van der Waals surface area contributed by atoms with Crippen LogP contribution >= 0.6 is 0 Å². The molecule has 2 aromatic rings. The third-order valence-corrected chi connectivity index (χ3v) is 7.45. The molecule has 0 aromatic heterocycles. The van der Waals surface area contributed by atoms with E-state index in [2.05, 4.69) is 5.32 Å². The van der Waals surface area contributed by atoms with E-state index < -0.39 is 9.84 Å². The first-order valence-electron chi connectivity index (χ1n) is 10.8. The van der Waals surface area contributed by atoms with Crippen molar-refractivity contribution in [2.24, 2.45) is 5.92 Å². The Morgan fingerprint density at radius 3 is 2.19 bits per heavy atom. The van der Waals surface area contributed by atoms with E-state index in [0.717, 1.165) is 50.8 Å². The number of sulfone groups is 1. The van der Waals surface area contributed by atoms with Gasteiger partial charge in [0.2, 0.25) is 9.84 Å². The first-order chi connectivity index (χ1) is 14.9. The van der Waals surface area contributed by atoms with Gasteiger partial charge in [0, 0.05) is 0 Å². The van der Waals surface area contributed by atoms with Crippen LogP contribution in [0.4, 0.5) is 0 Å². The van der Waals surface area contributed by atoms with Gasteiger partial charge >= 0.3 is 5.97 Å². The molecular formula is C24H31NO5S. The zero-order valence-electron chi connectivity index (χ0n) is 18.2. The second-order valence-corrected chi connectivity index (χ2v) is 9.94. The largest absolute Gasteiger partial charge is 0.497 e. The summed E-state index contributed by atoms with van der Waals surface area (Å²) in [5.41, 5.74) is 1.06. The fraction of sp³-hybridized carbons (Fsp3) is 0.458. The molecule has 2 aromatic carbocycles. The van der Waals surface area contributed by atoms with Gasteiger partial charge in [-0.2, -0.15) is 0 Å². The minimum absolute atomic E-state index is 0.0175. The molecule has 0 saturated carbocycles. The highest BCUT2D eigenvalue weighted by Crippen LogP contribution is 2.24. The van der Waals surface area contributed by atoms with E-state index >= 15 is 0 Å². The normalized spacial score (nSPS) is 15.9. The molecule has 1 saturated heterocycles. The van der Waals surface area contributed by atoms with Crippen LogP contribution in [0, 0.1) is 5.92 Å². The molecule has 0 bridgehead atoms. The Labute approximate surface area is 184 Å². The highest BCUT2D eigenvalue weighted by molar-refractivity contribution is 7.91. The number of aryl methyl sites for hydroxylation is 1. The lowest BCUT2D eigenvalue weighted by atomic mass is 9.98. The molecule has 1 heterocycles. The smallest absolute Gasteiger partial charge is 0.309 e. The second-order valence-electron chi connectivity index (χ2n) is 7.99. The average molecular weight is 446 g/mol. The third-order valence-electron chi connectivity index (χ3n) is 5.67. The van der Waals surface area contributed by atoms with Gasteiger partial charge in [-0.1, -0.05) is 12.1 Å². The molecule has 1 aliphatic heterocycles. The molecule has 0 amide bonds. The van der Waals surface area contributed by atoms with Gasteiger partial charge in [0.1, 0.15) is 5.75 Å². The van der Waals surface area contributed by atoms with Gasteiger partial charge in [-0.3, -0.25) is 4.79 Å². The molecular weight excluding hydrogens is 414 g/mol. The van der Waals surface area contributed by atoms with E-state index in [1.54, 1.807) is 43.5 Å². The Hall–Kier alpha value is -2.38. The maximum Gasteiger partial charge on any atom is 0.309 e. The molecule has 168 valence electrons. The van der Waals surface area contributed by atoms with Gasteiger partial charge in [-0.05, 0) is 94.1 Å². The molecule has 1 unspecified atom stereocenters. The number of hydrogen-bond acceptors (Lipinski definition) is 6. The molecule has 6 nitrogen and oxygen atoms in total. The number of hydrogen-bond donors (Lipinski definition) is 1. The highest BCUT2D eigenvalue weighted by atomic mass is 32.2. The molecule has 31 heavy (non-hydrogen) atoms. The van der Waals surface area contributed by atoms with Crippen LogP contribution < -0.4 is 10.1 Å². The van der Waals surface area contributed by atoms with Gasteiger partial charge in [0.15, 0.2) is 0 Å². The Morgan fingerprint density at radius 1 is 1.03 bits per heavy atom. The van der Waals surface area contributed by atoms with Crippen molar-refractivity contribution in [1.82, 2.24) is 5.32 Å². The van der Waals surface area contributed by atoms with Crippen LogP contribution in [0.15, 0.2) is 58.3 Å². The number of benzene rings is 2. The van der Waals surface area contributed by atoms with Crippen molar-refractivity contribution in [3.8, 4) is 5.75 Å². The minimum Gasteiger partial charge on any atom is -0.497 e. The van der Waals surface area contributed by atoms with E-state index in [-0.39, 0.29) is 27.8 Å². The van der Waals surface area contributed by atoms with Crippen molar-refractivity contribution in [1.29, 1.82) is 0 Å². The van der Waals surface area contributed by atoms with Crippen LogP contribution in [-0.4, -0.2) is 40.7 Å². The summed E-state index contributed by atoms with van der Waals surface area (Å²) in [4.78, 5) is 12.7. The number of esters is 1. The SMILES string of the molecule is COc1ccc(S(=O)(=O)c2ccc(CCCC(C)OC(=O)C3CCNCC3)cc2)cc1. The van der Waals surface area contributed by atoms with Crippen LogP contribution in [0.3, 0.4) is 0 Å². The van der Waals surface area contributed by atoms with Crippen molar-refractivity contribution in [2.75, 3.05) is 20.2 Å². The lowest BCUT2D eigenvalue weighted by Crippen LogP contribution is -2.33. The van der Waals surface area contributed by atoms with E-state index in [9.17, 15) is 13.2 Å². The van der Waals surface area contributed by atoms with E-state index in [0.29, 0.717) is 5.75 Å². The van der Waals surface area contributed by atoms with Crippen molar-refractivity contribution >= 4 is 15.8 Å². The zero-order valence-corrected chi connectivity index (χ0v) is 19.0. The van der Waals surface area contributed by atoms with Gasteiger partial charge in [-0.15, -0.1) is 0 Å². The number of ether oxygens (including phenoxy) is 2. The fourth-order valence-electron chi connectivity index (χ4n) is 3.73. The first kappa shape index (κ1) is 23.3. The molecule has 0 radical (unpaired) electrons. The van der Waals surface area contributed by atoms with Gasteiger partial charge in [0.05, 0.1) is 28.9 Å².